The van der Waals surface area contributed by atoms with E-state index in [1.807, 2.05) is 19.9 Å². The van der Waals surface area contributed by atoms with Gasteiger partial charge in [0.05, 0.1) is 19.4 Å². The molecule has 0 unspecified atom stereocenters. The van der Waals surface area contributed by atoms with E-state index in [1.165, 1.54) is 6.07 Å². The van der Waals surface area contributed by atoms with E-state index in [9.17, 15) is 4.39 Å². The topological polar surface area (TPSA) is 34.4 Å². The van der Waals surface area contributed by atoms with Gasteiger partial charge >= 0.3 is 0 Å². The van der Waals surface area contributed by atoms with E-state index in [0.29, 0.717) is 18.8 Å². The SMILES string of the molecule is CCOc1ccc(NCc2occc2C)cc1F. The van der Waals surface area contributed by atoms with E-state index >= 15 is 0 Å². The number of benzene rings is 1. The highest BCUT2D eigenvalue weighted by Gasteiger charge is 2.05. The average Bonchev–Trinajstić information content (AvgIpc) is 2.76. The number of rotatable bonds is 5. The first kappa shape index (κ1) is 12.5. The van der Waals surface area contributed by atoms with Crippen molar-refractivity contribution >= 4 is 5.69 Å². The van der Waals surface area contributed by atoms with Crippen molar-refractivity contribution in [3.8, 4) is 5.75 Å². The van der Waals surface area contributed by atoms with Crippen LogP contribution in [0.25, 0.3) is 0 Å². The molecule has 1 aromatic carbocycles. The molecule has 0 spiro atoms. The van der Waals surface area contributed by atoms with Crippen LogP contribution in [-0.2, 0) is 6.54 Å². The predicted octanol–water partition coefficient (Wildman–Crippen LogP) is 3.74. The lowest BCUT2D eigenvalue weighted by Crippen LogP contribution is -2.01. The van der Waals surface area contributed by atoms with E-state index in [4.69, 9.17) is 9.15 Å². The van der Waals surface area contributed by atoms with Gasteiger partial charge in [-0.15, -0.1) is 0 Å². The molecular formula is C14H16FNO2. The Balaban J connectivity index is 2.02. The Labute approximate surface area is 106 Å². The number of anilines is 1. The van der Waals surface area contributed by atoms with Crippen LogP contribution in [-0.4, -0.2) is 6.61 Å². The first-order valence-corrected chi connectivity index (χ1v) is 5.90. The van der Waals surface area contributed by atoms with Gasteiger partial charge in [-0.3, -0.25) is 0 Å². The fraction of sp³-hybridized carbons (Fsp3) is 0.286. The first-order chi connectivity index (χ1) is 8.70. The molecule has 1 N–H and O–H groups in total. The van der Waals surface area contributed by atoms with Gasteiger partial charge < -0.3 is 14.5 Å². The van der Waals surface area contributed by atoms with Crippen LogP contribution in [0.1, 0.15) is 18.2 Å². The summed E-state index contributed by atoms with van der Waals surface area (Å²) in [6.45, 7) is 4.78. The molecule has 96 valence electrons. The largest absolute Gasteiger partial charge is 0.491 e. The lowest BCUT2D eigenvalue weighted by Gasteiger charge is -2.08. The van der Waals surface area contributed by atoms with Gasteiger partial charge in [0.25, 0.3) is 0 Å². The molecular weight excluding hydrogens is 233 g/mol. The fourth-order valence-corrected chi connectivity index (χ4v) is 1.65. The molecule has 0 aliphatic carbocycles. The molecule has 0 radical (unpaired) electrons. The summed E-state index contributed by atoms with van der Waals surface area (Å²) in [6, 6.07) is 6.72. The molecule has 0 atom stereocenters. The lowest BCUT2D eigenvalue weighted by atomic mass is 10.2. The Bertz CT molecular complexity index is 522. The number of aryl methyl sites for hydroxylation is 1. The Hall–Kier alpha value is -1.97. The smallest absolute Gasteiger partial charge is 0.167 e. The molecule has 0 amide bonds. The highest BCUT2D eigenvalue weighted by Crippen LogP contribution is 2.22. The zero-order valence-electron chi connectivity index (χ0n) is 10.5. The van der Waals surface area contributed by atoms with Crippen molar-refractivity contribution in [2.75, 3.05) is 11.9 Å². The van der Waals surface area contributed by atoms with Gasteiger partial charge in [0, 0.05) is 11.8 Å². The summed E-state index contributed by atoms with van der Waals surface area (Å²) in [5.41, 5.74) is 1.78. The Kier molecular flexibility index (Phi) is 3.87. The molecule has 2 rings (SSSR count). The summed E-state index contributed by atoms with van der Waals surface area (Å²) in [6.07, 6.45) is 1.64. The highest BCUT2D eigenvalue weighted by atomic mass is 19.1. The number of hydrogen-bond acceptors (Lipinski definition) is 3. The zero-order valence-corrected chi connectivity index (χ0v) is 10.5. The molecule has 1 aromatic heterocycles. The molecule has 3 nitrogen and oxygen atoms in total. The molecule has 18 heavy (non-hydrogen) atoms. The minimum Gasteiger partial charge on any atom is -0.491 e. The van der Waals surface area contributed by atoms with Crippen LogP contribution >= 0.6 is 0 Å². The van der Waals surface area contributed by atoms with Crippen LogP contribution in [0, 0.1) is 12.7 Å². The van der Waals surface area contributed by atoms with Gasteiger partial charge in [-0.1, -0.05) is 0 Å². The summed E-state index contributed by atoms with van der Waals surface area (Å²) in [7, 11) is 0. The third kappa shape index (κ3) is 2.83. The predicted molar refractivity (Wildman–Crippen MR) is 68.3 cm³/mol. The maximum absolute atomic E-state index is 13.6. The summed E-state index contributed by atoms with van der Waals surface area (Å²) in [4.78, 5) is 0. The van der Waals surface area contributed by atoms with E-state index < -0.39 is 0 Å². The summed E-state index contributed by atoms with van der Waals surface area (Å²) >= 11 is 0. The molecule has 0 bridgehead atoms. The second-order valence-corrected chi connectivity index (χ2v) is 3.96. The van der Waals surface area contributed by atoms with Gasteiger partial charge in [0.1, 0.15) is 5.76 Å². The third-order valence-corrected chi connectivity index (χ3v) is 2.65. The van der Waals surface area contributed by atoms with Crippen molar-refractivity contribution in [2.45, 2.75) is 20.4 Å². The van der Waals surface area contributed by atoms with E-state index in [0.717, 1.165) is 11.3 Å². The zero-order chi connectivity index (χ0) is 13.0. The number of halogens is 1. The normalized spacial score (nSPS) is 10.4. The van der Waals surface area contributed by atoms with Crippen LogP contribution in [0.5, 0.6) is 5.75 Å². The molecule has 1 heterocycles. The molecule has 0 saturated heterocycles. The van der Waals surface area contributed by atoms with Gasteiger partial charge in [0.15, 0.2) is 11.6 Å². The van der Waals surface area contributed by atoms with Crippen LogP contribution in [0.4, 0.5) is 10.1 Å². The first-order valence-electron chi connectivity index (χ1n) is 5.90. The average molecular weight is 249 g/mol. The molecule has 4 heteroatoms. The van der Waals surface area contributed by atoms with E-state index in [1.54, 1.807) is 18.4 Å². The number of hydrogen-bond donors (Lipinski definition) is 1. The van der Waals surface area contributed by atoms with E-state index in [-0.39, 0.29) is 11.6 Å². The Morgan fingerprint density at radius 1 is 1.33 bits per heavy atom. The Morgan fingerprint density at radius 2 is 2.17 bits per heavy atom. The van der Waals surface area contributed by atoms with Gasteiger partial charge in [0.2, 0.25) is 0 Å². The highest BCUT2D eigenvalue weighted by molar-refractivity contribution is 5.47. The molecule has 2 aromatic rings. The van der Waals surface area contributed by atoms with Crippen molar-refractivity contribution in [3.05, 3.63) is 47.7 Å². The molecule has 0 aliphatic heterocycles. The Morgan fingerprint density at radius 3 is 2.78 bits per heavy atom. The van der Waals surface area contributed by atoms with Gasteiger partial charge in [-0.2, -0.15) is 0 Å². The van der Waals surface area contributed by atoms with Crippen molar-refractivity contribution in [2.24, 2.45) is 0 Å². The van der Waals surface area contributed by atoms with Crippen molar-refractivity contribution in [1.29, 1.82) is 0 Å². The number of furan rings is 1. The van der Waals surface area contributed by atoms with Crippen LogP contribution < -0.4 is 10.1 Å². The minimum atomic E-state index is -0.363. The quantitative estimate of drug-likeness (QED) is 0.876. The monoisotopic (exact) mass is 249 g/mol. The van der Waals surface area contributed by atoms with Gasteiger partial charge in [-0.05, 0) is 37.6 Å². The van der Waals surface area contributed by atoms with E-state index in [2.05, 4.69) is 5.32 Å². The molecule has 0 aliphatic rings. The second-order valence-electron chi connectivity index (χ2n) is 3.96. The third-order valence-electron chi connectivity index (χ3n) is 2.65. The van der Waals surface area contributed by atoms with Crippen molar-refractivity contribution in [3.63, 3.8) is 0 Å². The summed E-state index contributed by atoms with van der Waals surface area (Å²) in [5.74, 6) is 0.763. The fourth-order valence-electron chi connectivity index (χ4n) is 1.65. The van der Waals surface area contributed by atoms with Gasteiger partial charge in [-0.25, -0.2) is 4.39 Å². The number of nitrogens with one attached hydrogen (secondary N) is 1. The molecule has 0 saturated carbocycles. The number of ether oxygens (including phenoxy) is 1. The van der Waals surface area contributed by atoms with Crippen LogP contribution in [0.3, 0.4) is 0 Å². The lowest BCUT2D eigenvalue weighted by molar-refractivity contribution is 0.321. The van der Waals surface area contributed by atoms with Crippen molar-refractivity contribution in [1.82, 2.24) is 0 Å². The van der Waals surface area contributed by atoms with Crippen molar-refractivity contribution < 1.29 is 13.5 Å². The van der Waals surface area contributed by atoms with Crippen LogP contribution in [0.2, 0.25) is 0 Å². The minimum absolute atomic E-state index is 0.275. The maximum Gasteiger partial charge on any atom is 0.167 e. The second kappa shape index (κ2) is 5.58. The summed E-state index contributed by atoms with van der Waals surface area (Å²) < 4.78 is 24.0. The van der Waals surface area contributed by atoms with Crippen LogP contribution in [0.15, 0.2) is 34.9 Å². The maximum atomic E-state index is 13.6. The summed E-state index contributed by atoms with van der Waals surface area (Å²) in [5, 5.41) is 3.11. The standard InChI is InChI=1S/C14H16FNO2/c1-3-17-13-5-4-11(8-12(13)15)16-9-14-10(2)6-7-18-14/h4-8,16H,3,9H2,1-2H3. The molecule has 0 fully saturated rings.